The summed E-state index contributed by atoms with van der Waals surface area (Å²) in [6.07, 6.45) is 0. The molecule has 1 atom stereocenters. The van der Waals surface area contributed by atoms with Crippen molar-refractivity contribution in [1.82, 2.24) is 4.90 Å². The van der Waals surface area contributed by atoms with E-state index in [2.05, 4.69) is 22.8 Å². The van der Waals surface area contributed by atoms with Crippen molar-refractivity contribution in [3.63, 3.8) is 0 Å². The number of carbonyl (C=O) groups excluding carboxylic acids is 1. The Labute approximate surface area is 132 Å². The number of piperazine rings is 1. The van der Waals surface area contributed by atoms with Crippen molar-refractivity contribution in [3.05, 3.63) is 29.3 Å². The third-order valence-electron chi connectivity index (χ3n) is 4.21. The van der Waals surface area contributed by atoms with Crippen LogP contribution in [0.25, 0.3) is 0 Å². The van der Waals surface area contributed by atoms with Crippen LogP contribution in [0.1, 0.15) is 29.8 Å². The van der Waals surface area contributed by atoms with Gasteiger partial charge in [0.2, 0.25) is 0 Å². The summed E-state index contributed by atoms with van der Waals surface area (Å²) in [6.45, 7) is 8.01. The summed E-state index contributed by atoms with van der Waals surface area (Å²) in [5.74, 6) is 0.0255. The van der Waals surface area contributed by atoms with E-state index in [9.17, 15) is 10.1 Å². The van der Waals surface area contributed by atoms with E-state index in [1.54, 1.807) is 26.2 Å². The molecule has 1 heterocycles. The summed E-state index contributed by atoms with van der Waals surface area (Å²) in [6, 6.07) is 7.93. The molecule has 0 saturated carbocycles. The Kier molecular flexibility index (Phi) is 5.53. The first-order valence-electron chi connectivity index (χ1n) is 7.60. The predicted octanol–water partition coefficient (Wildman–Crippen LogP) is 1.92. The normalized spacial score (nSPS) is 19.0. The Morgan fingerprint density at radius 2 is 2.23 bits per heavy atom. The number of nitriles is 1. The molecule has 0 spiro atoms. The minimum Gasteiger partial charge on any atom is -0.383 e. The molecule has 0 amide bonds. The van der Waals surface area contributed by atoms with Gasteiger partial charge in [-0.25, -0.2) is 0 Å². The maximum atomic E-state index is 11.6. The molecule has 1 unspecified atom stereocenters. The average Bonchev–Trinajstić information content (AvgIpc) is 2.53. The molecular weight excluding hydrogens is 278 g/mol. The number of benzene rings is 1. The smallest absolute Gasteiger partial charge is 0.159 e. The molecule has 5 nitrogen and oxygen atoms in total. The first-order valence-corrected chi connectivity index (χ1v) is 7.60. The number of anilines is 1. The van der Waals surface area contributed by atoms with Crippen LogP contribution >= 0.6 is 0 Å². The molecule has 0 radical (unpaired) electrons. The number of ketones is 1. The minimum absolute atomic E-state index is 0.0255. The largest absolute Gasteiger partial charge is 0.383 e. The van der Waals surface area contributed by atoms with Crippen molar-refractivity contribution in [2.24, 2.45) is 0 Å². The van der Waals surface area contributed by atoms with Gasteiger partial charge in [-0.3, -0.25) is 9.69 Å². The fourth-order valence-electron chi connectivity index (χ4n) is 2.86. The van der Waals surface area contributed by atoms with Gasteiger partial charge in [0.15, 0.2) is 5.78 Å². The highest BCUT2D eigenvalue weighted by Crippen LogP contribution is 2.25. The predicted molar refractivity (Wildman–Crippen MR) is 86.3 cm³/mol. The third kappa shape index (κ3) is 3.65. The van der Waals surface area contributed by atoms with Crippen molar-refractivity contribution in [3.8, 4) is 6.07 Å². The van der Waals surface area contributed by atoms with Crippen LogP contribution in [0, 0.1) is 11.3 Å². The van der Waals surface area contributed by atoms with Gasteiger partial charge in [0, 0.05) is 44.9 Å². The lowest BCUT2D eigenvalue weighted by Crippen LogP contribution is -2.52. The van der Waals surface area contributed by atoms with Gasteiger partial charge in [-0.1, -0.05) is 0 Å². The van der Waals surface area contributed by atoms with Crippen LogP contribution in [0.3, 0.4) is 0 Å². The van der Waals surface area contributed by atoms with E-state index in [1.165, 1.54) is 0 Å². The van der Waals surface area contributed by atoms with Crippen LogP contribution in [-0.2, 0) is 4.74 Å². The molecule has 5 heteroatoms. The van der Waals surface area contributed by atoms with Gasteiger partial charge in [0.25, 0.3) is 0 Å². The zero-order valence-electron chi connectivity index (χ0n) is 13.5. The number of nitrogens with zero attached hydrogens (tertiary/aromatic N) is 3. The van der Waals surface area contributed by atoms with E-state index in [-0.39, 0.29) is 5.78 Å². The highest BCUT2D eigenvalue weighted by molar-refractivity contribution is 5.95. The lowest BCUT2D eigenvalue weighted by molar-refractivity contribution is 0.101. The number of methoxy groups -OCH3 is 1. The van der Waals surface area contributed by atoms with Gasteiger partial charge >= 0.3 is 0 Å². The second kappa shape index (κ2) is 7.39. The Bertz CT molecular complexity index is 580. The van der Waals surface area contributed by atoms with Gasteiger partial charge in [-0.05, 0) is 32.0 Å². The Morgan fingerprint density at radius 3 is 2.82 bits per heavy atom. The molecule has 1 aromatic rings. The van der Waals surface area contributed by atoms with Crippen LogP contribution in [0.2, 0.25) is 0 Å². The van der Waals surface area contributed by atoms with Gasteiger partial charge < -0.3 is 9.64 Å². The molecule has 1 aliphatic rings. The Morgan fingerprint density at radius 1 is 1.45 bits per heavy atom. The van der Waals surface area contributed by atoms with E-state index < -0.39 is 0 Å². The van der Waals surface area contributed by atoms with Crippen LogP contribution in [-0.4, -0.2) is 56.6 Å². The molecule has 0 aliphatic carbocycles. The fraction of sp³-hybridized carbons (Fsp3) is 0.529. The number of carbonyl (C=O) groups is 1. The molecule has 0 aromatic heterocycles. The maximum absolute atomic E-state index is 11.6. The molecule has 22 heavy (non-hydrogen) atoms. The van der Waals surface area contributed by atoms with Gasteiger partial charge in [-0.15, -0.1) is 0 Å². The summed E-state index contributed by atoms with van der Waals surface area (Å²) >= 11 is 0. The maximum Gasteiger partial charge on any atom is 0.159 e. The van der Waals surface area contributed by atoms with Gasteiger partial charge in [-0.2, -0.15) is 5.26 Å². The first-order chi connectivity index (χ1) is 10.6. The molecular formula is C17H23N3O2. The molecule has 1 saturated heterocycles. The standard InChI is InChI=1S/C17H23N3O2/c1-13-12-20(7-6-19(13)8-9-22-3)17-10-15(14(2)21)4-5-16(17)11-18/h4-5,10,13H,6-9,12H2,1-3H3. The summed E-state index contributed by atoms with van der Waals surface area (Å²) in [7, 11) is 1.72. The molecule has 1 aromatic carbocycles. The van der Waals surface area contributed by atoms with E-state index in [1.807, 2.05) is 6.07 Å². The molecule has 1 aliphatic heterocycles. The third-order valence-corrected chi connectivity index (χ3v) is 4.21. The van der Waals surface area contributed by atoms with Crippen molar-refractivity contribution in [2.75, 3.05) is 44.8 Å². The molecule has 2 rings (SSSR count). The lowest BCUT2D eigenvalue weighted by atomic mass is 10.0. The molecule has 0 N–H and O–H groups in total. The Hall–Kier alpha value is -1.90. The SMILES string of the molecule is COCCN1CCN(c2cc(C(C)=O)ccc2C#N)CC1C. The monoisotopic (exact) mass is 301 g/mol. The quantitative estimate of drug-likeness (QED) is 0.778. The highest BCUT2D eigenvalue weighted by atomic mass is 16.5. The Balaban J connectivity index is 2.17. The van der Waals surface area contributed by atoms with Crippen molar-refractivity contribution in [2.45, 2.75) is 19.9 Å². The summed E-state index contributed by atoms with van der Waals surface area (Å²) in [4.78, 5) is 16.2. The second-order valence-corrected chi connectivity index (χ2v) is 5.72. The minimum atomic E-state index is 0.0255. The number of rotatable bonds is 5. The van der Waals surface area contributed by atoms with E-state index in [0.717, 1.165) is 38.5 Å². The zero-order chi connectivity index (χ0) is 16.1. The summed E-state index contributed by atoms with van der Waals surface area (Å²) in [5, 5.41) is 9.32. The van der Waals surface area contributed by atoms with Crippen molar-refractivity contribution in [1.29, 1.82) is 5.26 Å². The zero-order valence-corrected chi connectivity index (χ0v) is 13.5. The molecule has 0 bridgehead atoms. The van der Waals surface area contributed by atoms with E-state index in [0.29, 0.717) is 17.2 Å². The van der Waals surface area contributed by atoms with E-state index >= 15 is 0 Å². The number of ether oxygens (including phenoxy) is 1. The topological polar surface area (TPSA) is 56.6 Å². The number of Topliss-reactive ketones (excluding diaryl/α,β-unsaturated/α-hetero) is 1. The van der Waals surface area contributed by atoms with Crippen molar-refractivity contribution < 1.29 is 9.53 Å². The van der Waals surface area contributed by atoms with E-state index in [4.69, 9.17) is 4.74 Å². The van der Waals surface area contributed by atoms with Crippen LogP contribution < -0.4 is 4.90 Å². The number of hydrogen-bond acceptors (Lipinski definition) is 5. The van der Waals surface area contributed by atoms with Gasteiger partial charge in [0.1, 0.15) is 6.07 Å². The number of hydrogen-bond donors (Lipinski definition) is 0. The molecule has 118 valence electrons. The van der Waals surface area contributed by atoms with Gasteiger partial charge in [0.05, 0.1) is 17.9 Å². The first kappa shape index (κ1) is 16.5. The highest BCUT2D eigenvalue weighted by Gasteiger charge is 2.25. The lowest BCUT2D eigenvalue weighted by Gasteiger charge is -2.41. The van der Waals surface area contributed by atoms with Crippen LogP contribution in [0.15, 0.2) is 18.2 Å². The summed E-state index contributed by atoms with van der Waals surface area (Å²) < 4.78 is 5.15. The van der Waals surface area contributed by atoms with Crippen LogP contribution in [0.4, 0.5) is 5.69 Å². The van der Waals surface area contributed by atoms with Crippen molar-refractivity contribution >= 4 is 11.5 Å². The molecule has 1 fully saturated rings. The second-order valence-electron chi connectivity index (χ2n) is 5.72. The average molecular weight is 301 g/mol. The summed E-state index contributed by atoms with van der Waals surface area (Å²) in [5.41, 5.74) is 2.15. The fourth-order valence-corrected chi connectivity index (χ4v) is 2.86. The van der Waals surface area contributed by atoms with Crippen LogP contribution in [0.5, 0.6) is 0 Å².